The van der Waals surface area contributed by atoms with Crippen LogP contribution in [-0.4, -0.2) is 7.05 Å². The van der Waals surface area contributed by atoms with Crippen molar-refractivity contribution in [2.75, 3.05) is 16.8 Å². The van der Waals surface area contributed by atoms with E-state index < -0.39 is 0 Å². The summed E-state index contributed by atoms with van der Waals surface area (Å²) in [6.07, 6.45) is 0. The van der Waals surface area contributed by atoms with E-state index in [9.17, 15) is 0 Å². The lowest BCUT2D eigenvalue weighted by Crippen LogP contribution is -2.12. The van der Waals surface area contributed by atoms with Gasteiger partial charge in [0.2, 0.25) is 0 Å². The first-order chi connectivity index (χ1) is 29.1. The van der Waals surface area contributed by atoms with E-state index in [1.165, 1.54) is 70.2 Å². The van der Waals surface area contributed by atoms with Crippen LogP contribution in [-0.2, 0) is 0 Å². The number of thiophene rings is 1. The van der Waals surface area contributed by atoms with Crippen LogP contribution in [0.3, 0.4) is 0 Å². The van der Waals surface area contributed by atoms with Crippen molar-refractivity contribution in [2.24, 2.45) is 0 Å². The number of nitrogens with zero attached hydrogens (tertiary/aromatic N) is 2. The summed E-state index contributed by atoms with van der Waals surface area (Å²) in [7, 11) is 2.14. The van der Waals surface area contributed by atoms with Crippen LogP contribution in [0.15, 0.2) is 218 Å². The lowest BCUT2D eigenvalue weighted by molar-refractivity contribution is 1.21. The zero-order valence-electron chi connectivity index (χ0n) is 33.1. The molecule has 1 aromatic heterocycles. The molecule has 0 aliphatic rings. The topological polar surface area (TPSA) is 6.48 Å². The SMILES string of the molecule is Cc1ccc(-c2sc(-c3ccc(N(c4ccc(N(C)c5ccc6ccccc6c5)cc4)c4ccc5ccccc5c4)cc3)c(-c3ccccc3)c2-c2ccccc2)cc1. The number of anilines is 5. The molecular weight excluding hydrogens is 733 g/mol. The van der Waals surface area contributed by atoms with Gasteiger partial charge in [-0.25, -0.2) is 0 Å². The summed E-state index contributed by atoms with van der Waals surface area (Å²) in [5, 5.41) is 4.92. The molecule has 2 nitrogen and oxygen atoms in total. The molecule has 282 valence electrons. The third-order valence-electron chi connectivity index (χ3n) is 11.3. The van der Waals surface area contributed by atoms with Gasteiger partial charge in [0.1, 0.15) is 0 Å². The standard InChI is InChI=1S/C56H42N2S/c1-39-21-23-44(24-22-39)55-53(42-15-5-3-6-16-42)54(43-17-7-4-8-18-43)56(59-55)45-27-29-49(30-28-45)58(52-32-26-41-14-10-12-20-47(41)38-52)50-35-33-48(34-36-50)57(2)51-31-25-40-13-9-11-19-46(40)37-51/h3-38H,1-2H3. The molecule has 0 fully saturated rings. The van der Waals surface area contributed by atoms with Gasteiger partial charge in [0.25, 0.3) is 0 Å². The predicted molar refractivity (Wildman–Crippen MR) is 255 cm³/mol. The summed E-state index contributed by atoms with van der Waals surface area (Å²) >= 11 is 1.88. The fourth-order valence-corrected chi connectivity index (χ4v) is 9.54. The molecule has 0 saturated heterocycles. The Labute approximate surface area is 350 Å². The van der Waals surface area contributed by atoms with Gasteiger partial charge >= 0.3 is 0 Å². The van der Waals surface area contributed by atoms with Gasteiger partial charge in [-0.2, -0.15) is 0 Å². The molecule has 0 atom stereocenters. The molecule has 0 aliphatic heterocycles. The van der Waals surface area contributed by atoms with Crippen LogP contribution in [0.25, 0.3) is 64.7 Å². The average molecular weight is 775 g/mol. The molecule has 0 saturated carbocycles. The van der Waals surface area contributed by atoms with Crippen molar-refractivity contribution in [3.63, 3.8) is 0 Å². The molecule has 59 heavy (non-hydrogen) atoms. The largest absolute Gasteiger partial charge is 0.345 e. The number of hydrogen-bond acceptors (Lipinski definition) is 3. The second-order valence-corrected chi connectivity index (χ2v) is 16.1. The molecule has 3 heteroatoms. The third kappa shape index (κ3) is 7.07. The summed E-state index contributed by atoms with van der Waals surface area (Å²) in [6.45, 7) is 2.15. The molecule has 0 amide bonds. The molecule has 0 unspecified atom stereocenters. The van der Waals surface area contributed by atoms with E-state index in [0.717, 1.165) is 28.4 Å². The summed E-state index contributed by atoms with van der Waals surface area (Å²) in [5.41, 5.74) is 14.2. The van der Waals surface area contributed by atoms with E-state index in [4.69, 9.17) is 0 Å². The van der Waals surface area contributed by atoms with Gasteiger partial charge in [-0.15, -0.1) is 11.3 Å². The highest BCUT2D eigenvalue weighted by Crippen LogP contribution is 2.52. The van der Waals surface area contributed by atoms with Crippen molar-refractivity contribution in [1.29, 1.82) is 0 Å². The summed E-state index contributed by atoms with van der Waals surface area (Å²) in [4.78, 5) is 7.16. The van der Waals surface area contributed by atoms with Gasteiger partial charge in [-0.1, -0.05) is 163 Å². The van der Waals surface area contributed by atoms with E-state index in [0.29, 0.717) is 0 Å². The fourth-order valence-electron chi connectivity index (χ4n) is 8.19. The van der Waals surface area contributed by atoms with Gasteiger partial charge < -0.3 is 9.80 Å². The maximum Gasteiger partial charge on any atom is 0.0468 e. The Morgan fingerprint density at radius 2 is 0.712 bits per heavy atom. The number of aryl methyl sites for hydroxylation is 1. The van der Waals surface area contributed by atoms with Gasteiger partial charge in [-0.05, 0) is 111 Å². The smallest absolute Gasteiger partial charge is 0.0468 e. The molecule has 0 spiro atoms. The predicted octanol–water partition coefficient (Wildman–Crippen LogP) is 16.3. The van der Waals surface area contributed by atoms with Gasteiger partial charge in [0, 0.05) is 56.4 Å². The molecule has 0 N–H and O–H groups in total. The Kier molecular flexibility index (Phi) is 9.58. The van der Waals surface area contributed by atoms with Crippen LogP contribution in [0.4, 0.5) is 28.4 Å². The van der Waals surface area contributed by atoms with Crippen LogP contribution in [0, 0.1) is 6.92 Å². The number of hydrogen-bond donors (Lipinski definition) is 0. The third-order valence-corrected chi connectivity index (χ3v) is 12.6. The zero-order valence-corrected chi connectivity index (χ0v) is 33.9. The van der Waals surface area contributed by atoms with Gasteiger partial charge in [0.15, 0.2) is 0 Å². The molecule has 0 bridgehead atoms. The van der Waals surface area contributed by atoms with Crippen molar-refractivity contribution in [1.82, 2.24) is 0 Å². The van der Waals surface area contributed by atoms with Crippen molar-refractivity contribution in [3.8, 4) is 43.1 Å². The van der Waals surface area contributed by atoms with E-state index in [1.807, 2.05) is 11.3 Å². The first-order valence-corrected chi connectivity index (χ1v) is 21.0. The summed E-state index contributed by atoms with van der Waals surface area (Å²) in [5.74, 6) is 0. The molecule has 10 aromatic rings. The van der Waals surface area contributed by atoms with Crippen LogP contribution in [0.1, 0.15) is 5.56 Å². The second kappa shape index (κ2) is 15.6. The highest BCUT2D eigenvalue weighted by molar-refractivity contribution is 7.20. The van der Waals surface area contributed by atoms with E-state index in [2.05, 4.69) is 242 Å². The molecule has 9 aromatic carbocycles. The molecule has 10 rings (SSSR count). The Morgan fingerprint density at radius 1 is 0.322 bits per heavy atom. The average Bonchev–Trinajstić information content (AvgIpc) is 3.71. The first-order valence-electron chi connectivity index (χ1n) is 20.1. The van der Waals surface area contributed by atoms with Gasteiger partial charge in [-0.3, -0.25) is 0 Å². The fraction of sp³-hybridized carbons (Fsp3) is 0.0357. The van der Waals surface area contributed by atoms with Crippen LogP contribution in [0.5, 0.6) is 0 Å². The molecule has 0 radical (unpaired) electrons. The maximum atomic E-state index is 2.37. The first kappa shape index (κ1) is 36.2. The lowest BCUT2D eigenvalue weighted by atomic mass is 9.91. The van der Waals surface area contributed by atoms with E-state index in [-0.39, 0.29) is 0 Å². The Balaban J connectivity index is 1.08. The minimum Gasteiger partial charge on any atom is -0.345 e. The lowest BCUT2D eigenvalue weighted by Gasteiger charge is -2.27. The summed E-state index contributed by atoms with van der Waals surface area (Å²) in [6, 6.07) is 79.3. The van der Waals surface area contributed by atoms with Crippen molar-refractivity contribution in [3.05, 3.63) is 224 Å². The highest BCUT2D eigenvalue weighted by atomic mass is 32.1. The molecule has 1 heterocycles. The Bertz CT molecular complexity index is 3040. The summed E-state index contributed by atoms with van der Waals surface area (Å²) < 4.78 is 0. The van der Waals surface area contributed by atoms with Crippen LogP contribution in [0.2, 0.25) is 0 Å². The van der Waals surface area contributed by atoms with Crippen LogP contribution < -0.4 is 9.80 Å². The number of fused-ring (bicyclic) bond motifs is 2. The molecular formula is C56H42N2S. The highest BCUT2D eigenvalue weighted by Gasteiger charge is 2.24. The van der Waals surface area contributed by atoms with Crippen molar-refractivity contribution < 1.29 is 0 Å². The Morgan fingerprint density at radius 3 is 1.24 bits per heavy atom. The normalized spacial score (nSPS) is 11.2. The van der Waals surface area contributed by atoms with Crippen molar-refractivity contribution in [2.45, 2.75) is 6.92 Å². The maximum absolute atomic E-state index is 2.37. The zero-order chi connectivity index (χ0) is 39.7. The minimum atomic E-state index is 1.10. The number of rotatable bonds is 9. The van der Waals surface area contributed by atoms with E-state index >= 15 is 0 Å². The monoisotopic (exact) mass is 774 g/mol. The van der Waals surface area contributed by atoms with E-state index in [1.54, 1.807) is 0 Å². The molecule has 0 aliphatic carbocycles. The van der Waals surface area contributed by atoms with Gasteiger partial charge in [0.05, 0.1) is 0 Å². The minimum absolute atomic E-state index is 1.10. The van der Waals surface area contributed by atoms with Crippen molar-refractivity contribution >= 4 is 61.3 Å². The number of benzene rings is 9. The second-order valence-electron chi connectivity index (χ2n) is 15.1. The quantitative estimate of drug-likeness (QED) is 0.144. The van der Waals surface area contributed by atoms with Crippen LogP contribution >= 0.6 is 11.3 Å². The Hall–Kier alpha value is -7.20.